The van der Waals surface area contributed by atoms with Crippen molar-refractivity contribution in [3.63, 3.8) is 0 Å². The smallest absolute Gasteiger partial charge is 0.382 e. The van der Waals surface area contributed by atoms with Crippen molar-refractivity contribution in [1.82, 2.24) is 0 Å². The van der Waals surface area contributed by atoms with Gasteiger partial charge in [-0.15, -0.1) is 0 Å². The summed E-state index contributed by atoms with van der Waals surface area (Å²) in [5, 5.41) is 0. The van der Waals surface area contributed by atoms with Crippen LogP contribution >= 0.6 is 0 Å². The van der Waals surface area contributed by atoms with Gasteiger partial charge in [0.2, 0.25) is 0 Å². The lowest BCUT2D eigenvalue weighted by molar-refractivity contribution is 0.0142. The summed E-state index contributed by atoms with van der Waals surface area (Å²) >= 11 is 0. The van der Waals surface area contributed by atoms with E-state index >= 15 is 0 Å². The number of rotatable bonds is 19. The maximum absolute atomic E-state index is 6.05. The van der Waals surface area contributed by atoms with Crippen molar-refractivity contribution < 1.29 is 27.5 Å². The van der Waals surface area contributed by atoms with Gasteiger partial charge in [-0.05, 0) is 6.42 Å². The zero-order chi connectivity index (χ0) is 17.9. The molecule has 0 saturated carbocycles. The van der Waals surface area contributed by atoms with Gasteiger partial charge in [0.05, 0.1) is 39.6 Å². The van der Waals surface area contributed by atoms with Gasteiger partial charge in [0.1, 0.15) is 0 Å². The molecular formula is C17H38O6Si. The third-order valence-electron chi connectivity index (χ3n) is 3.66. The predicted octanol–water partition coefficient (Wildman–Crippen LogP) is 3.27. The maximum atomic E-state index is 6.05. The van der Waals surface area contributed by atoms with E-state index in [1.807, 2.05) is 0 Å². The quantitative estimate of drug-likeness (QED) is 0.258. The van der Waals surface area contributed by atoms with E-state index in [9.17, 15) is 0 Å². The molecule has 0 unspecified atom stereocenters. The third-order valence-corrected chi connectivity index (χ3v) is 6.56. The minimum atomic E-state index is -2.72. The molecule has 6 nitrogen and oxygen atoms in total. The molecule has 0 saturated heterocycles. The van der Waals surface area contributed by atoms with Crippen LogP contribution in [-0.4, -0.2) is 69.8 Å². The first-order valence-electron chi connectivity index (χ1n) is 9.13. The van der Waals surface area contributed by atoms with Crippen LogP contribution in [-0.2, 0) is 27.5 Å². The van der Waals surface area contributed by atoms with Crippen LogP contribution in [0.2, 0.25) is 6.04 Å². The van der Waals surface area contributed by atoms with Crippen molar-refractivity contribution in [2.45, 2.75) is 51.5 Å². The van der Waals surface area contributed by atoms with E-state index < -0.39 is 8.80 Å². The van der Waals surface area contributed by atoms with Crippen LogP contribution in [0.25, 0.3) is 0 Å². The average molecular weight is 367 g/mol. The molecule has 0 fully saturated rings. The summed E-state index contributed by atoms with van der Waals surface area (Å²) < 4.78 is 33.4. The molecule has 0 aliphatic heterocycles. The highest BCUT2D eigenvalue weighted by Crippen LogP contribution is 2.21. The molecule has 24 heavy (non-hydrogen) atoms. The van der Waals surface area contributed by atoms with Gasteiger partial charge in [0.15, 0.2) is 0 Å². The highest BCUT2D eigenvalue weighted by molar-refractivity contribution is 6.60. The third kappa shape index (κ3) is 13.3. The Morgan fingerprint density at radius 2 is 0.958 bits per heavy atom. The minimum Gasteiger partial charge on any atom is -0.382 e. The number of unbranched alkanes of at least 4 members (excludes halogenated alkanes) is 5. The number of methoxy groups -OCH3 is 3. The fourth-order valence-corrected chi connectivity index (χ4v) is 4.85. The molecule has 0 aliphatic rings. The molecule has 0 aromatic rings. The van der Waals surface area contributed by atoms with E-state index in [2.05, 4.69) is 6.92 Å². The van der Waals surface area contributed by atoms with Crippen LogP contribution in [0.5, 0.6) is 0 Å². The Bertz CT molecular complexity index is 229. The first-order valence-corrected chi connectivity index (χ1v) is 11.1. The topological polar surface area (TPSA) is 55.4 Å². The first-order chi connectivity index (χ1) is 11.7. The Labute approximate surface area is 149 Å². The molecule has 0 N–H and O–H groups in total. The van der Waals surface area contributed by atoms with E-state index in [4.69, 9.17) is 27.5 Å². The summed E-state index contributed by atoms with van der Waals surface area (Å²) in [4.78, 5) is 0. The number of hydrogen-bond acceptors (Lipinski definition) is 6. The summed E-state index contributed by atoms with van der Waals surface area (Å²) in [7, 11) is 2.28. The van der Waals surface area contributed by atoms with Crippen LogP contribution in [0.3, 0.4) is 0 Å². The largest absolute Gasteiger partial charge is 0.501 e. The van der Waals surface area contributed by atoms with Gasteiger partial charge < -0.3 is 27.5 Å². The van der Waals surface area contributed by atoms with Crippen molar-refractivity contribution in [3.05, 3.63) is 0 Å². The highest BCUT2D eigenvalue weighted by atomic mass is 28.4. The molecule has 0 aromatic heterocycles. The average Bonchev–Trinajstić information content (AvgIpc) is 2.58. The van der Waals surface area contributed by atoms with Gasteiger partial charge in [0.25, 0.3) is 0 Å². The van der Waals surface area contributed by atoms with Crippen LogP contribution in [0.15, 0.2) is 0 Å². The lowest BCUT2D eigenvalue weighted by Gasteiger charge is -2.29. The minimum absolute atomic E-state index is 0.485. The SMILES string of the molecule is CCCCCCCC[Si](OCCOC)(OCCOC)OCCOC. The maximum Gasteiger partial charge on any atom is 0.501 e. The molecule has 0 radical (unpaired) electrons. The molecule has 7 heteroatoms. The fraction of sp³-hybridized carbons (Fsp3) is 1.00. The molecule has 0 spiro atoms. The van der Waals surface area contributed by atoms with E-state index in [1.165, 1.54) is 32.1 Å². The summed E-state index contributed by atoms with van der Waals surface area (Å²) in [5.74, 6) is 0. The summed E-state index contributed by atoms with van der Waals surface area (Å²) in [6, 6.07) is 0.830. The van der Waals surface area contributed by atoms with Crippen LogP contribution in [0.4, 0.5) is 0 Å². The van der Waals surface area contributed by atoms with Crippen LogP contribution in [0, 0.1) is 0 Å². The van der Waals surface area contributed by atoms with E-state index in [0.717, 1.165) is 12.5 Å². The summed E-state index contributed by atoms with van der Waals surface area (Å²) in [6.45, 7) is 5.29. The molecule has 0 aliphatic carbocycles. The first kappa shape index (κ1) is 24.0. The van der Waals surface area contributed by atoms with Crippen molar-refractivity contribution in [2.75, 3.05) is 61.0 Å². The van der Waals surface area contributed by atoms with Gasteiger partial charge in [-0.25, -0.2) is 0 Å². The van der Waals surface area contributed by atoms with Gasteiger partial charge in [-0.2, -0.15) is 0 Å². The second-order valence-electron chi connectivity index (χ2n) is 5.72. The molecule has 0 amide bonds. The van der Waals surface area contributed by atoms with Crippen molar-refractivity contribution in [3.8, 4) is 0 Å². The van der Waals surface area contributed by atoms with Crippen molar-refractivity contribution >= 4 is 8.80 Å². The van der Waals surface area contributed by atoms with Gasteiger partial charge in [0, 0.05) is 27.4 Å². The highest BCUT2D eigenvalue weighted by Gasteiger charge is 2.40. The molecule has 146 valence electrons. The standard InChI is InChI=1S/C17H38O6Si/c1-5-6-7-8-9-10-17-24(21-14-11-18-2,22-15-12-19-3)23-16-13-20-4/h5-17H2,1-4H3. The van der Waals surface area contributed by atoms with E-state index in [-0.39, 0.29) is 0 Å². The molecule has 0 heterocycles. The monoisotopic (exact) mass is 366 g/mol. The van der Waals surface area contributed by atoms with Gasteiger partial charge >= 0.3 is 8.80 Å². The lowest BCUT2D eigenvalue weighted by Crippen LogP contribution is -2.48. The number of hydrogen-bond donors (Lipinski definition) is 0. The molecule has 0 rings (SSSR count). The molecular weight excluding hydrogens is 328 g/mol. The second kappa shape index (κ2) is 17.8. The zero-order valence-corrected chi connectivity index (χ0v) is 17.1. The fourth-order valence-electron chi connectivity index (χ4n) is 2.30. The van der Waals surface area contributed by atoms with Gasteiger partial charge in [-0.3, -0.25) is 0 Å². The van der Waals surface area contributed by atoms with Crippen molar-refractivity contribution in [2.24, 2.45) is 0 Å². The summed E-state index contributed by atoms with van der Waals surface area (Å²) in [6.07, 6.45) is 7.37. The van der Waals surface area contributed by atoms with E-state index in [0.29, 0.717) is 39.6 Å². The lowest BCUT2D eigenvalue weighted by atomic mass is 10.1. The van der Waals surface area contributed by atoms with Crippen molar-refractivity contribution in [1.29, 1.82) is 0 Å². The molecule has 0 bridgehead atoms. The Balaban J connectivity index is 4.48. The van der Waals surface area contributed by atoms with Gasteiger partial charge in [-0.1, -0.05) is 39.0 Å². The zero-order valence-electron chi connectivity index (χ0n) is 16.1. The Kier molecular flexibility index (Phi) is 17.8. The normalized spacial score (nSPS) is 12.0. The predicted molar refractivity (Wildman–Crippen MR) is 97.4 cm³/mol. The Morgan fingerprint density at radius 1 is 0.542 bits per heavy atom. The summed E-state index contributed by atoms with van der Waals surface area (Å²) in [5.41, 5.74) is 0. The molecule has 0 aromatic carbocycles. The van der Waals surface area contributed by atoms with E-state index in [1.54, 1.807) is 21.3 Å². The van der Waals surface area contributed by atoms with Crippen LogP contribution in [0.1, 0.15) is 45.4 Å². The van der Waals surface area contributed by atoms with Crippen LogP contribution < -0.4 is 0 Å². The molecule has 0 atom stereocenters. The second-order valence-corrected chi connectivity index (χ2v) is 8.46. The Hall–Kier alpha value is -0.0231. The number of ether oxygens (including phenoxy) is 3. The Morgan fingerprint density at radius 3 is 1.38 bits per heavy atom.